The molecule has 2 aromatic rings. The van der Waals surface area contributed by atoms with Crippen LogP contribution in [0.25, 0.3) is 0 Å². The first kappa shape index (κ1) is 18.4. The molecule has 0 unspecified atom stereocenters. The number of benzene rings is 2. The zero-order valence-electron chi connectivity index (χ0n) is 13.0. The first-order chi connectivity index (χ1) is 11.5. The van der Waals surface area contributed by atoms with Crippen LogP contribution in [0.15, 0.2) is 48.5 Å². The van der Waals surface area contributed by atoms with Gasteiger partial charge in [-0.3, -0.25) is 0 Å². The van der Waals surface area contributed by atoms with E-state index < -0.39 is 21.7 Å². The van der Waals surface area contributed by atoms with Gasteiger partial charge in [0.2, 0.25) is 10.0 Å². The minimum atomic E-state index is -3.39. The minimum Gasteiger partial charge on any atom is -0.492 e. The number of nitrogens with one attached hydrogen (secondary N) is 1. The third-order valence-electron chi connectivity index (χ3n) is 3.31. The van der Waals surface area contributed by atoms with E-state index in [1.54, 1.807) is 0 Å². The summed E-state index contributed by atoms with van der Waals surface area (Å²) in [6.45, 7) is 0.0929. The maximum Gasteiger partial charge on any atom is 0.211 e. The van der Waals surface area contributed by atoms with Crippen molar-refractivity contribution in [3.8, 4) is 5.75 Å². The van der Waals surface area contributed by atoms with Crippen molar-refractivity contribution in [2.24, 2.45) is 0 Å². The average molecular weight is 355 g/mol. The molecule has 0 heterocycles. The lowest BCUT2D eigenvalue weighted by Crippen LogP contribution is -2.30. The van der Waals surface area contributed by atoms with Gasteiger partial charge >= 0.3 is 0 Å². The highest BCUT2D eigenvalue weighted by molar-refractivity contribution is 7.89. The lowest BCUT2D eigenvalue weighted by Gasteiger charge is -2.09. The summed E-state index contributed by atoms with van der Waals surface area (Å²) in [5, 5.41) is 0. The third kappa shape index (κ3) is 6.25. The molecule has 7 heteroatoms. The Labute approximate surface area is 140 Å². The van der Waals surface area contributed by atoms with Crippen molar-refractivity contribution in [1.29, 1.82) is 0 Å². The standard InChI is InChI=1S/C17H19F2NO3S/c18-16-9-8-15(13-17(16)19)23-11-10-20-24(21,22)12-4-7-14-5-2-1-3-6-14/h1-3,5-6,8-9,13,20H,4,7,10-12H2. The van der Waals surface area contributed by atoms with Gasteiger partial charge in [-0.25, -0.2) is 21.9 Å². The Bertz CT molecular complexity index is 752. The number of ether oxygens (including phenoxy) is 1. The van der Waals surface area contributed by atoms with Gasteiger partial charge in [-0.1, -0.05) is 30.3 Å². The molecule has 4 nitrogen and oxygen atoms in total. The minimum absolute atomic E-state index is 0.0209. The van der Waals surface area contributed by atoms with Gasteiger partial charge in [-0.05, 0) is 30.5 Å². The van der Waals surface area contributed by atoms with Crippen LogP contribution < -0.4 is 9.46 Å². The zero-order valence-corrected chi connectivity index (χ0v) is 13.9. The van der Waals surface area contributed by atoms with E-state index in [-0.39, 0.29) is 24.7 Å². The molecule has 0 atom stereocenters. The van der Waals surface area contributed by atoms with Gasteiger partial charge in [0.05, 0.1) is 5.75 Å². The van der Waals surface area contributed by atoms with Gasteiger partial charge in [-0.2, -0.15) is 0 Å². The number of sulfonamides is 1. The van der Waals surface area contributed by atoms with Crippen LogP contribution in [0.5, 0.6) is 5.75 Å². The number of hydrogen-bond donors (Lipinski definition) is 1. The summed E-state index contributed by atoms with van der Waals surface area (Å²) in [4.78, 5) is 0. The Hall–Kier alpha value is -1.99. The van der Waals surface area contributed by atoms with Gasteiger partial charge < -0.3 is 4.74 Å². The monoisotopic (exact) mass is 355 g/mol. The highest BCUT2D eigenvalue weighted by Gasteiger charge is 2.09. The SMILES string of the molecule is O=S(=O)(CCCc1ccccc1)NCCOc1ccc(F)c(F)c1. The second kappa shape index (κ2) is 8.75. The molecular formula is C17H19F2NO3S. The number of aryl methyl sites for hydroxylation is 1. The lowest BCUT2D eigenvalue weighted by molar-refractivity contribution is 0.319. The van der Waals surface area contributed by atoms with Crippen LogP contribution in [-0.2, 0) is 16.4 Å². The molecule has 0 spiro atoms. The van der Waals surface area contributed by atoms with Crippen LogP contribution in [-0.4, -0.2) is 27.3 Å². The fourth-order valence-corrected chi connectivity index (χ4v) is 3.18. The van der Waals surface area contributed by atoms with E-state index in [1.807, 2.05) is 30.3 Å². The Morgan fingerprint density at radius 2 is 1.75 bits per heavy atom. The van der Waals surface area contributed by atoms with Crippen molar-refractivity contribution in [1.82, 2.24) is 4.72 Å². The van der Waals surface area contributed by atoms with E-state index in [2.05, 4.69) is 4.72 Å². The van der Waals surface area contributed by atoms with Gasteiger partial charge in [0.25, 0.3) is 0 Å². The summed E-state index contributed by atoms with van der Waals surface area (Å²) < 4.78 is 57.1. The average Bonchev–Trinajstić information content (AvgIpc) is 2.56. The molecular weight excluding hydrogens is 336 g/mol. The largest absolute Gasteiger partial charge is 0.492 e. The van der Waals surface area contributed by atoms with Gasteiger partial charge in [-0.15, -0.1) is 0 Å². The summed E-state index contributed by atoms with van der Waals surface area (Å²) in [7, 11) is -3.39. The summed E-state index contributed by atoms with van der Waals surface area (Å²) in [6.07, 6.45) is 1.20. The van der Waals surface area contributed by atoms with Crippen LogP contribution in [0.2, 0.25) is 0 Å². The highest BCUT2D eigenvalue weighted by atomic mass is 32.2. The van der Waals surface area contributed by atoms with Gasteiger partial charge in [0, 0.05) is 12.6 Å². The molecule has 0 aliphatic heterocycles. The Morgan fingerprint density at radius 1 is 1.00 bits per heavy atom. The number of hydrogen-bond acceptors (Lipinski definition) is 3. The maximum absolute atomic E-state index is 13.0. The van der Waals surface area contributed by atoms with E-state index in [9.17, 15) is 17.2 Å². The van der Waals surface area contributed by atoms with Gasteiger partial charge in [0.1, 0.15) is 12.4 Å². The van der Waals surface area contributed by atoms with Crippen molar-refractivity contribution in [2.45, 2.75) is 12.8 Å². The summed E-state index contributed by atoms with van der Waals surface area (Å²) in [5.74, 6) is -1.79. The Kier molecular flexibility index (Phi) is 6.69. The van der Waals surface area contributed by atoms with Crippen LogP contribution >= 0.6 is 0 Å². The van der Waals surface area contributed by atoms with E-state index in [4.69, 9.17) is 4.74 Å². The molecule has 24 heavy (non-hydrogen) atoms. The van der Waals surface area contributed by atoms with Crippen LogP contribution in [0.1, 0.15) is 12.0 Å². The molecule has 2 aromatic carbocycles. The topological polar surface area (TPSA) is 55.4 Å². The molecule has 0 saturated carbocycles. The summed E-state index contributed by atoms with van der Waals surface area (Å²) in [6, 6.07) is 12.8. The second-order valence-electron chi connectivity index (χ2n) is 5.23. The first-order valence-corrected chi connectivity index (χ1v) is 9.20. The van der Waals surface area contributed by atoms with E-state index in [0.29, 0.717) is 12.8 Å². The molecule has 0 saturated heterocycles. The predicted octanol–water partition coefficient (Wildman–Crippen LogP) is 2.90. The normalized spacial score (nSPS) is 11.4. The molecule has 0 aliphatic rings. The predicted molar refractivity (Wildman–Crippen MR) is 88.4 cm³/mol. The quantitative estimate of drug-likeness (QED) is 0.704. The maximum atomic E-state index is 13.0. The fraction of sp³-hybridized carbons (Fsp3) is 0.294. The second-order valence-corrected chi connectivity index (χ2v) is 7.15. The summed E-state index contributed by atoms with van der Waals surface area (Å²) >= 11 is 0. The molecule has 0 bridgehead atoms. The summed E-state index contributed by atoms with van der Waals surface area (Å²) in [5.41, 5.74) is 1.09. The van der Waals surface area contributed by atoms with Crippen LogP contribution in [0.4, 0.5) is 8.78 Å². The van der Waals surface area contributed by atoms with Crippen LogP contribution in [0.3, 0.4) is 0 Å². The third-order valence-corrected chi connectivity index (χ3v) is 4.78. The Balaban J connectivity index is 1.67. The van der Waals surface area contributed by atoms with E-state index >= 15 is 0 Å². The first-order valence-electron chi connectivity index (χ1n) is 7.55. The molecule has 130 valence electrons. The van der Waals surface area contributed by atoms with E-state index in [0.717, 1.165) is 17.7 Å². The molecule has 2 rings (SSSR count). The molecule has 0 fully saturated rings. The van der Waals surface area contributed by atoms with E-state index in [1.165, 1.54) is 6.07 Å². The molecule has 0 amide bonds. The van der Waals surface area contributed by atoms with Crippen molar-refractivity contribution in [3.05, 3.63) is 65.7 Å². The van der Waals surface area contributed by atoms with Crippen LogP contribution in [0, 0.1) is 11.6 Å². The molecule has 0 radical (unpaired) electrons. The molecule has 0 aliphatic carbocycles. The highest BCUT2D eigenvalue weighted by Crippen LogP contribution is 2.15. The fourth-order valence-electron chi connectivity index (χ4n) is 2.12. The number of halogens is 2. The molecule has 0 aromatic heterocycles. The smallest absolute Gasteiger partial charge is 0.211 e. The van der Waals surface area contributed by atoms with Crippen molar-refractivity contribution < 1.29 is 21.9 Å². The zero-order chi connectivity index (χ0) is 17.4. The Morgan fingerprint density at radius 3 is 2.46 bits per heavy atom. The molecule has 1 N–H and O–H groups in total. The van der Waals surface area contributed by atoms with Crippen molar-refractivity contribution >= 4 is 10.0 Å². The van der Waals surface area contributed by atoms with Gasteiger partial charge in [0.15, 0.2) is 11.6 Å². The lowest BCUT2D eigenvalue weighted by atomic mass is 10.1. The van der Waals surface area contributed by atoms with Crippen molar-refractivity contribution in [2.75, 3.05) is 18.9 Å². The van der Waals surface area contributed by atoms with Crippen molar-refractivity contribution in [3.63, 3.8) is 0 Å². The number of rotatable bonds is 9.